The molecule has 6 heteroatoms. The third-order valence-electron chi connectivity index (χ3n) is 2.26. The first-order chi connectivity index (χ1) is 9.15. The van der Waals surface area contributed by atoms with Crippen molar-refractivity contribution in [1.82, 2.24) is 9.97 Å². The fraction of sp³-hybridized carbons (Fsp3) is 0.0769. The summed E-state index contributed by atoms with van der Waals surface area (Å²) in [5.41, 5.74) is 1.57. The van der Waals surface area contributed by atoms with E-state index in [0.717, 1.165) is 0 Å². The van der Waals surface area contributed by atoms with E-state index in [0.29, 0.717) is 16.9 Å². The molecule has 0 bridgehead atoms. The molecule has 1 aromatic carbocycles. The number of aromatic nitrogens is 2. The molecule has 2 N–H and O–H groups in total. The molecule has 0 fully saturated rings. The van der Waals surface area contributed by atoms with Crippen molar-refractivity contribution >= 4 is 23.2 Å². The second-order valence-electron chi connectivity index (χ2n) is 3.84. The van der Waals surface area contributed by atoms with Crippen LogP contribution in [0.2, 0.25) is 0 Å². The molecule has 0 saturated carbocycles. The lowest BCUT2D eigenvalue weighted by Crippen LogP contribution is -2.13. The summed E-state index contributed by atoms with van der Waals surface area (Å²) in [5, 5.41) is 5.34. The fourth-order valence-corrected chi connectivity index (χ4v) is 1.50. The minimum atomic E-state index is -0.305. The molecule has 0 aliphatic carbocycles. The molecule has 2 rings (SSSR count). The van der Waals surface area contributed by atoms with Gasteiger partial charge in [0, 0.05) is 30.7 Å². The van der Waals surface area contributed by atoms with Crippen LogP contribution in [0.5, 0.6) is 0 Å². The number of nitrogens with one attached hydrogen (secondary N) is 2. The number of carbonyl (C=O) groups excluding carboxylic acids is 2. The van der Waals surface area contributed by atoms with E-state index in [-0.39, 0.29) is 11.8 Å². The largest absolute Gasteiger partial charge is 0.326 e. The standard InChI is InChI=1S/C13H12N4O2/c1-9(18)16-11-3-2-4-12(5-11)17-13(19)10-6-14-8-15-7-10/h2-8H,1H3,(H,16,18)(H,17,19). The normalized spacial score (nSPS) is 9.74. The molecular formula is C13H12N4O2. The van der Waals surface area contributed by atoms with Gasteiger partial charge in [0.15, 0.2) is 0 Å². The third kappa shape index (κ3) is 3.60. The highest BCUT2D eigenvalue weighted by Crippen LogP contribution is 2.15. The maximum absolute atomic E-state index is 11.9. The zero-order valence-corrected chi connectivity index (χ0v) is 10.3. The van der Waals surface area contributed by atoms with Gasteiger partial charge < -0.3 is 10.6 Å². The summed E-state index contributed by atoms with van der Waals surface area (Å²) in [6.45, 7) is 1.42. The van der Waals surface area contributed by atoms with E-state index in [2.05, 4.69) is 20.6 Å². The monoisotopic (exact) mass is 256 g/mol. The van der Waals surface area contributed by atoms with Crippen LogP contribution < -0.4 is 10.6 Å². The number of rotatable bonds is 3. The maximum Gasteiger partial charge on any atom is 0.258 e. The van der Waals surface area contributed by atoms with Crippen molar-refractivity contribution in [2.75, 3.05) is 10.6 Å². The maximum atomic E-state index is 11.9. The van der Waals surface area contributed by atoms with E-state index in [4.69, 9.17) is 0 Å². The average molecular weight is 256 g/mol. The second kappa shape index (κ2) is 5.72. The molecule has 19 heavy (non-hydrogen) atoms. The molecule has 0 saturated heterocycles. The Morgan fingerprint density at radius 3 is 2.32 bits per heavy atom. The van der Waals surface area contributed by atoms with Crippen LogP contribution in [0.25, 0.3) is 0 Å². The van der Waals surface area contributed by atoms with Crippen molar-refractivity contribution in [1.29, 1.82) is 0 Å². The van der Waals surface area contributed by atoms with Crippen molar-refractivity contribution in [3.8, 4) is 0 Å². The minimum Gasteiger partial charge on any atom is -0.326 e. The Bertz CT molecular complexity index is 599. The summed E-state index contributed by atoms with van der Waals surface area (Å²) >= 11 is 0. The number of hydrogen-bond donors (Lipinski definition) is 2. The SMILES string of the molecule is CC(=O)Nc1cccc(NC(=O)c2cncnc2)c1. The summed E-state index contributed by atoms with van der Waals surface area (Å²) in [6, 6.07) is 6.88. The Kier molecular flexibility index (Phi) is 3.82. The van der Waals surface area contributed by atoms with Gasteiger partial charge in [0.05, 0.1) is 5.56 Å². The van der Waals surface area contributed by atoms with Crippen LogP contribution in [-0.2, 0) is 4.79 Å². The molecule has 0 radical (unpaired) electrons. The van der Waals surface area contributed by atoms with E-state index in [9.17, 15) is 9.59 Å². The van der Waals surface area contributed by atoms with Gasteiger partial charge in [-0.1, -0.05) is 6.07 Å². The predicted molar refractivity (Wildman–Crippen MR) is 70.7 cm³/mol. The van der Waals surface area contributed by atoms with Crippen LogP contribution in [0.3, 0.4) is 0 Å². The van der Waals surface area contributed by atoms with Gasteiger partial charge >= 0.3 is 0 Å². The van der Waals surface area contributed by atoms with Crippen LogP contribution in [0.15, 0.2) is 43.0 Å². The van der Waals surface area contributed by atoms with Crippen LogP contribution >= 0.6 is 0 Å². The average Bonchev–Trinajstić information content (AvgIpc) is 2.39. The molecule has 0 aliphatic heterocycles. The lowest BCUT2D eigenvalue weighted by molar-refractivity contribution is -0.114. The number of nitrogens with zero attached hydrogens (tertiary/aromatic N) is 2. The first-order valence-electron chi connectivity index (χ1n) is 5.59. The lowest BCUT2D eigenvalue weighted by Gasteiger charge is -2.07. The molecule has 2 amide bonds. The summed E-state index contributed by atoms with van der Waals surface area (Å²) in [7, 11) is 0. The van der Waals surface area contributed by atoms with Gasteiger partial charge in [0.25, 0.3) is 5.91 Å². The smallest absolute Gasteiger partial charge is 0.258 e. The van der Waals surface area contributed by atoms with Gasteiger partial charge in [-0.05, 0) is 18.2 Å². The Morgan fingerprint density at radius 1 is 1.05 bits per heavy atom. The number of amides is 2. The zero-order valence-electron chi connectivity index (χ0n) is 10.3. The van der Waals surface area contributed by atoms with Crippen LogP contribution in [-0.4, -0.2) is 21.8 Å². The third-order valence-corrected chi connectivity index (χ3v) is 2.26. The summed E-state index contributed by atoms with van der Waals surface area (Å²) < 4.78 is 0. The second-order valence-corrected chi connectivity index (χ2v) is 3.84. The van der Waals surface area contributed by atoms with Gasteiger partial charge in [0.2, 0.25) is 5.91 Å². The van der Waals surface area contributed by atoms with Crippen LogP contribution in [0, 0.1) is 0 Å². The molecule has 0 aliphatic rings. The molecule has 2 aromatic rings. The first-order valence-corrected chi connectivity index (χ1v) is 5.59. The Hall–Kier alpha value is -2.76. The Labute approximate surface area is 109 Å². The Balaban J connectivity index is 2.11. The van der Waals surface area contributed by atoms with Crippen molar-refractivity contribution in [3.05, 3.63) is 48.5 Å². The number of hydrogen-bond acceptors (Lipinski definition) is 4. The number of carbonyl (C=O) groups is 2. The van der Waals surface area contributed by atoms with Gasteiger partial charge in [-0.25, -0.2) is 9.97 Å². The van der Waals surface area contributed by atoms with E-state index in [1.165, 1.54) is 25.6 Å². The minimum absolute atomic E-state index is 0.167. The summed E-state index contributed by atoms with van der Waals surface area (Å²) in [4.78, 5) is 30.4. The van der Waals surface area contributed by atoms with Crippen LogP contribution in [0.4, 0.5) is 11.4 Å². The van der Waals surface area contributed by atoms with E-state index in [1.54, 1.807) is 24.3 Å². The van der Waals surface area contributed by atoms with E-state index in [1.807, 2.05) is 0 Å². The van der Waals surface area contributed by atoms with Gasteiger partial charge in [-0.15, -0.1) is 0 Å². The predicted octanol–water partition coefficient (Wildman–Crippen LogP) is 1.69. The Morgan fingerprint density at radius 2 is 1.68 bits per heavy atom. The van der Waals surface area contributed by atoms with Gasteiger partial charge in [0.1, 0.15) is 6.33 Å². The van der Waals surface area contributed by atoms with Crippen molar-refractivity contribution in [3.63, 3.8) is 0 Å². The summed E-state index contributed by atoms with van der Waals surface area (Å²) in [6.07, 6.45) is 4.22. The molecule has 96 valence electrons. The highest BCUT2D eigenvalue weighted by Gasteiger charge is 2.06. The highest BCUT2D eigenvalue weighted by molar-refractivity contribution is 6.04. The van der Waals surface area contributed by atoms with Crippen molar-refractivity contribution in [2.45, 2.75) is 6.92 Å². The fourth-order valence-electron chi connectivity index (χ4n) is 1.50. The molecule has 6 nitrogen and oxygen atoms in total. The van der Waals surface area contributed by atoms with E-state index < -0.39 is 0 Å². The molecule has 1 aromatic heterocycles. The molecule has 1 heterocycles. The van der Waals surface area contributed by atoms with Crippen molar-refractivity contribution < 1.29 is 9.59 Å². The molecule has 0 spiro atoms. The lowest BCUT2D eigenvalue weighted by atomic mass is 10.2. The molecular weight excluding hydrogens is 244 g/mol. The van der Waals surface area contributed by atoms with Crippen LogP contribution in [0.1, 0.15) is 17.3 Å². The zero-order chi connectivity index (χ0) is 13.7. The quantitative estimate of drug-likeness (QED) is 0.875. The number of benzene rings is 1. The summed E-state index contributed by atoms with van der Waals surface area (Å²) in [5.74, 6) is -0.472. The highest BCUT2D eigenvalue weighted by atomic mass is 16.2. The van der Waals surface area contributed by atoms with E-state index >= 15 is 0 Å². The first kappa shape index (κ1) is 12.7. The molecule has 0 unspecified atom stereocenters. The topological polar surface area (TPSA) is 84.0 Å². The van der Waals surface area contributed by atoms with Gasteiger partial charge in [-0.3, -0.25) is 9.59 Å². The molecule has 0 atom stereocenters. The number of anilines is 2. The van der Waals surface area contributed by atoms with Gasteiger partial charge in [-0.2, -0.15) is 0 Å². The van der Waals surface area contributed by atoms with Crippen molar-refractivity contribution in [2.24, 2.45) is 0 Å².